The van der Waals surface area contributed by atoms with Gasteiger partial charge in [-0.3, -0.25) is 19.9 Å². The standard InChI is InChI=1S/C10H14N4O3.ClH/c1-6(4-11)13-10(15)9-3-8(14(16)17)5-12-7(9)2;/h3,5-6H,4,11H2,1-2H3,(H,13,15);1H/t6-;/m0./s1. The predicted molar refractivity (Wildman–Crippen MR) is 68.9 cm³/mol. The van der Waals surface area contributed by atoms with Crippen LogP contribution in [0.1, 0.15) is 23.0 Å². The van der Waals surface area contributed by atoms with E-state index in [0.29, 0.717) is 12.2 Å². The van der Waals surface area contributed by atoms with Crippen molar-refractivity contribution < 1.29 is 9.72 Å². The number of nitrogens with zero attached hydrogens (tertiary/aromatic N) is 2. The zero-order valence-corrected chi connectivity index (χ0v) is 10.9. The van der Waals surface area contributed by atoms with Gasteiger partial charge in [-0.15, -0.1) is 12.4 Å². The van der Waals surface area contributed by atoms with Gasteiger partial charge in [0.25, 0.3) is 11.6 Å². The number of halogens is 1. The van der Waals surface area contributed by atoms with Crippen molar-refractivity contribution in [3.63, 3.8) is 0 Å². The number of nitrogens with two attached hydrogens (primary N) is 1. The van der Waals surface area contributed by atoms with Crippen molar-refractivity contribution in [3.8, 4) is 0 Å². The third kappa shape index (κ3) is 3.94. The van der Waals surface area contributed by atoms with Crippen LogP contribution >= 0.6 is 12.4 Å². The van der Waals surface area contributed by atoms with Crippen molar-refractivity contribution in [1.82, 2.24) is 10.3 Å². The highest BCUT2D eigenvalue weighted by atomic mass is 35.5. The van der Waals surface area contributed by atoms with E-state index in [1.807, 2.05) is 0 Å². The molecule has 0 saturated carbocycles. The van der Waals surface area contributed by atoms with E-state index >= 15 is 0 Å². The molecule has 18 heavy (non-hydrogen) atoms. The smallest absolute Gasteiger partial charge is 0.288 e. The van der Waals surface area contributed by atoms with Gasteiger partial charge >= 0.3 is 0 Å². The fourth-order valence-electron chi connectivity index (χ4n) is 1.21. The fraction of sp³-hybridized carbons (Fsp3) is 0.400. The molecule has 1 aromatic rings. The summed E-state index contributed by atoms with van der Waals surface area (Å²) in [7, 11) is 0. The third-order valence-corrected chi connectivity index (χ3v) is 2.26. The molecule has 0 aromatic carbocycles. The number of hydrogen-bond acceptors (Lipinski definition) is 5. The molecule has 1 rings (SSSR count). The average molecular weight is 275 g/mol. The van der Waals surface area contributed by atoms with E-state index in [0.717, 1.165) is 6.20 Å². The van der Waals surface area contributed by atoms with Crippen molar-refractivity contribution in [2.24, 2.45) is 5.73 Å². The number of nitro groups is 1. The molecule has 0 aliphatic carbocycles. The Kier molecular flexibility index (Phi) is 6.21. The first kappa shape index (κ1) is 16.3. The lowest BCUT2D eigenvalue weighted by atomic mass is 10.1. The van der Waals surface area contributed by atoms with Crippen LogP contribution in [0.25, 0.3) is 0 Å². The summed E-state index contributed by atoms with van der Waals surface area (Å²) in [6, 6.07) is 1.02. The largest absolute Gasteiger partial charge is 0.348 e. The van der Waals surface area contributed by atoms with Gasteiger partial charge in [0.15, 0.2) is 0 Å². The number of rotatable bonds is 4. The lowest BCUT2D eigenvalue weighted by Gasteiger charge is -2.11. The molecule has 1 heterocycles. The molecule has 7 nitrogen and oxygen atoms in total. The van der Waals surface area contributed by atoms with Gasteiger partial charge in [-0.25, -0.2) is 0 Å². The summed E-state index contributed by atoms with van der Waals surface area (Å²) in [5.74, 6) is -0.406. The molecule has 1 atom stereocenters. The Morgan fingerprint density at radius 2 is 2.28 bits per heavy atom. The third-order valence-electron chi connectivity index (χ3n) is 2.26. The van der Waals surface area contributed by atoms with Gasteiger partial charge in [-0.05, 0) is 13.8 Å². The molecule has 0 unspecified atom stereocenters. The van der Waals surface area contributed by atoms with Crippen molar-refractivity contribution in [2.45, 2.75) is 19.9 Å². The molecule has 0 aliphatic heterocycles. The zero-order valence-electron chi connectivity index (χ0n) is 10.0. The number of hydrogen-bond donors (Lipinski definition) is 2. The molecule has 1 amide bonds. The van der Waals surface area contributed by atoms with Gasteiger partial charge in [-0.1, -0.05) is 0 Å². The number of aromatic nitrogens is 1. The molecule has 0 fully saturated rings. The Morgan fingerprint density at radius 1 is 1.67 bits per heavy atom. The molecular formula is C10H15ClN4O3. The van der Waals surface area contributed by atoms with Gasteiger partial charge < -0.3 is 11.1 Å². The quantitative estimate of drug-likeness (QED) is 0.623. The molecule has 0 radical (unpaired) electrons. The maximum absolute atomic E-state index is 11.8. The Balaban J connectivity index is 0.00000289. The molecule has 0 spiro atoms. The maximum atomic E-state index is 11.8. The molecule has 8 heteroatoms. The molecule has 3 N–H and O–H groups in total. The van der Waals surface area contributed by atoms with Crippen LogP contribution in [0.3, 0.4) is 0 Å². The van der Waals surface area contributed by atoms with Gasteiger partial charge in [-0.2, -0.15) is 0 Å². The second kappa shape index (κ2) is 6.87. The van der Waals surface area contributed by atoms with Gasteiger partial charge in [0.2, 0.25) is 0 Å². The van der Waals surface area contributed by atoms with Crippen LogP contribution in [0.2, 0.25) is 0 Å². The van der Waals surface area contributed by atoms with Crippen molar-refractivity contribution in [1.29, 1.82) is 0 Å². The lowest BCUT2D eigenvalue weighted by Crippen LogP contribution is -2.38. The SMILES string of the molecule is Cc1ncc([N+](=O)[O-])cc1C(=O)N[C@@H](C)CN.Cl. The first-order valence-corrected chi connectivity index (χ1v) is 5.07. The van der Waals surface area contributed by atoms with E-state index < -0.39 is 10.8 Å². The van der Waals surface area contributed by atoms with Gasteiger partial charge in [0, 0.05) is 18.7 Å². The minimum atomic E-state index is -0.588. The van der Waals surface area contributed by atoms with Crippen molar-refractivity contribution in [3.05, 3.63) is 33.6 Å². The maximum Gasteiger partial charge on any atom is 0.288 e. The number of nitrogens with one attached hydrogen (secondary N) is 1. The normalized spacial score (nSPS) is 11.3. The fourth-order valence-corrected chi connectivity index (χ4v) is 1.21. The Morgan fingerprint density at radius 3 is 2.78 bits per heavy atom. The topological polar surface area (TPSA) is 111 Å². The molecule has 0 aliphatic rings. The summed E-state index contributed by atoms with van der Waals surface area (Å²) >= 11 is 0. The zero-order chi connectivity index (χ0) is 13.0. The monoisotopic (exact) mass is 274 g/mol. The number of carbonyl (C=O) groups excluding carboxylic acids is 1. The predicted octanol–water partition coefficient (Wildman–Crippen LogP) is 0.797. The number of aryl methyl sites for hydroxylation is 1. The van der Waals surface area contributed by atoms with E-state index in [2.05, 4.69) is 10.3 Å². The van der Waals surface area contributed by atoms with Crippen LogP contribution in [-0.4, -0.2) is 28.4 Å². The Hall–Kier alpha value is -1.73. The Labute approximate surface area is 110 Å². The summed E-state index contributed by atoms with van der Waals surface area (Å²) in [5, 5.41) is 13.2. The van der Waals surface area contributed by atoms with Crippen molar-refractivity contribution in [2.75, 3.05) is 6.54 Å². The van der Waals surface area contributed by atoms with Crippen molar-refractivity contribution >= 4 is 24.0 Å². The first-order chi connectivity index (χ1) is 7.95. The highest BCUT2D eigenvalue weighted by molar-refractivity contribution is 5.95. The molecule has 100 valence electrons. The minimum absolute atomic E-state index is 0. The highest BCUT2D eigenvalue weighted by Gasteiger charge is 2.16. The summed E-state index contributed by atoms with van der Waals surface area (Å²) < 4.78 is 0. The second-order valence-electron chi connectivity index (χ2n) is 3.69. The molecule has 0 saturated heterocycles. The van der Waals surface area contributed by atoms with Crippen LogP contribution in [0, 0.1) is 17.0 Å². The minimum Gasteiger partial charge on any atom is -0.348 e. The van der Waals surface area contributed by atoms with Crippen LogP contribution in [0.15, 0.2) is 12.3 Å². The number of carbonyl (C=O) groups is 1. The van der Waals surface area contributed by atoms with E-state index in [1.165, 1.54) is 6.07 Å². The van der Waals surface area contributed by atoms with Crippen LogP contribution in [0.4, 0.5) is 5.69 Å². The van der Waals surface area contributed by atoms with E-state index in [9.17, 15) is 14.9 Å². The van der Waals surface area contributed by atoms with Crippen LogP contribution < -0.4 is 11.1 Å². The molecule has 0 bridgehead atoms. The van der Waals surface area contributed by atoms with Gasteiger partial charge in [0.05, 0.1) is 16.2 Å². The highest BCUT2D eigenvalue weighted by Crippen LogP contribution is 2.14. The summed E-state index contributed by atoms with van der Waals surface area (Å²) in [5.41, 5.74) is 5.80. The average Bonchev–Trinajstić information content (AvgIpc) is 2.28. The lowest BCUT2D eigenvalue weighted by molar-refractivity contribution is -0.385. The van der Waals surface area contributed by atoms with Crippen LogP contribution in [-0.2, 0) is 0 Å². The molecular weight excluding hydrogens is 260 g/mol. The first-order valence-electron chi connectivity index (χ1n) is 5.07. The van der Waals surface area contributed by atoms with Gasteiger partial charge in [0.1, 0.15) is 6.20 Å². The summed E-state index contributed by atoms with van der Waals surface area (Å²) in [6.07, 6.45) is 1.12. The Bertz CT molecular complexity index is 453. The van der Waals surface area contributed by atoms with E-state index in [4.69, 9.17) is 5.73 Å². The van der Waals surface area contributed by atoms with Crippen LogP contribution in [0.5, 0.6) is 0 Å². The van der Waals surface area contributed by atoms with E-state index in [1.54, 1.807) is 13.8 Å². The summed E-state index contributed by atoms with van der Waals surface area (Å²) in [4.78, 5) is 25.6. The second-order valence-corrected chi connectivity index (χ2v) is 3.69. The summed E-state index contributed by atoms with van der Waals surface area (Å²) in [6.45, 7) is 3.66. The number of pyridine rings is 1. The number of amides is 1. The molecule has 1 aromatic heterocycles. The van der Waals surface area contributed by atoms with E-state index in [-0.39, 0.29) is 29.7 Å².